The van der Waals surface area contributed by atoms with Gasteiger partial charge in [0.15, 0.2) is 17.8 Å². The number of ether oxygens (including phenoxy) is 3. The quantitative estimate of drug-likeness (QED) is 0.227. The number of carboxylic acids is 1. The Labute approximate surface area is 212 Å². The lowest BCUT2D eigenvalue weighted by molar-refractivity contribution is -0.285. The number of phenolic OH excluding ortho intramolecular Hbond substituents is 1. The molecule has 1 aromatic rings. The van der Waals surface area contributed by atoms with Gasteiger partial charge < -0.3 is 54.9 Å². The lowest BCUT2D eigenvalue weighted by Crippen LogP contribution is -2.64. The summed E-state index contributed by atoms with van der Waals surface area (Å²) in [7, 11) is 2.08. The van der Waals surface area contributed by atoms with Crippen molar-refractivity contribution in [3.05, 3.63) is 29.3 Å². The average Bonchev–Trinajstić information content (AvgIpc) is 3.19. The van der Waals surface area contributed by atoms with E-state index in [1.165, 1.54) is 6.07 Å². The number of carbonyl (C=O) groups is 1. The van der Waals surface area contributed by atoms with Gasteiger partial charge in [0.05, 0.1) is 0 Å². The average molecular weight is 524 g/mol. The molecule has 0 amide bonds. The standard InChI is InChI=1S/C23H29NO9.C2H4O2/c1-24-5-4-23-10-2-3-12(25)21(23)33-20-13(26)7-14(9(16(20)23)6-11(10)24)31-8-15-17(27)18(28)19(29)22(30)32-15;1-2(3)4/h2-3,7,10-12,15,17-19,21-22,25-30H,4-6,8H2,1H3;1H3,(H,3,4)/t10-,11+,12-,15+,17-,18-,19+,21-,22+,23-;/m0./s1. The Morgan fingerprint density at radius 2 is 1.86 bits per heavy atom. The van der Waals surface area contributed by atoms with E-state index in [4.69, 9.17) is 24.1 Å². The van der Waals surface area contributed by atoms with Gasteiger partial charge in [-0.15, -0.1) is 0 Å². The maximum absolute atomic E-state index is 10.8. The fraction of sp³-hybridized carbons (Fsp3) is 0.640. The number of piperidine rings is 1. The normalized spacial score (nSPS) is 41.2. The molecule has 2 saturated heterocycles. The Hall–Kier alpha value is -2.45. The number of phenols is 1. The van der Waals surface area contributed by atoms with Gasteiger partial charge in [0, 0.05) is 41.5 Å². The first-order valence-electron chi connectivity index (χ1n) is 12.3. The summed E-state index contributed by atoms with van der Waals surface area (Å²) in [6.07, 6.45) is -3.38. The van der Waals surface area contributed by atoms with Gasteiger partial charge >= 0.3 is 0 Å². The van der Waals surface area contributed by atoms with Crippen molar-refractivity contribution in [1.29, 1.82) is 0 Å². The number of nitrogens with zero attached hydrogens (tertiary/aromatic N) is 1. The van der Waals surface area contributed by atoms with E-state index in [0.717, 1.165) is 31.0 Å². The molecule has 1 aromatic carbocycles. The van der Waals surface area contributed by atoms with Crippen LogP contribution >= 0.6 is 0 Å². The van der Waals surface area contributed by atoms with Crippen LogP contribution in [0.15, 0.2) is 18.2 Å². The van der Waals surface area contributed by atoms with Gasteiger partial charge in [-0.1, -0.05) is 12.2 Å². The third-order valence-corrected chi connectivity index (χ3v) is 8.33. The molecule has 3 heterocycles. The third-order valence-electron chi connectivity index (χ3n) is 8.33. The van der Waals surface area contributed by atoms with Gasteiger partial charge in [0.1, 0.15) is 49.0 Å². The highest BCUT2D eigenvalue weighted by molar-refractivity contribution is 5.66. The molecule has 12 heteroatoms. The van der Waals surface area contributed by atoms with Gasteiger partial charge in [-0.3, -0.25) is 4.79 Å². The lowest BCUT2D eigenvalue weighted by atomic mass is 9.53. The van der Waals surface area contributed by atoms with Crippen molar-refractivity contribution in [2.45, 2.75) is 74.1 Å². The van der Waals surface area contributed by atoms with Crippen molar-refractivity contribution in [2.75, 3.05) is 20.2 Å². The summed E-state index contributed by atoms with van der Waals surface area (Å²) < 4.78 is 17.4. The summed E-state index contributed by atoms with van der Waals surface area (Å²) >= 11 is 0. The van der Waals surface area contributed by atoms with Crippen LogP contribution in [0.5, 0.6) is 17.2 Å². The van der Waals surface area contributed by atoms with Gasteiger partial charge in [-0.25, -0.2) is 0 Å². The highest BCUT2D eigenvalue weighted by atomic mass is 16.6. The Kier molecular flexibility index (Phi) is 6.64. The molecule has 2 bridgehead atoms. The van der Waals surface area contributed by atoms with E-state index < -0.39 is 54.3 Å². The third kappa shape index (κ3) is 3.98. The van der Waals surface area contributed by atoms with E-state index in [0.29, 0.717) is 17.9 Å². The second kappa shape index (κ2) is 9.38. The van der Waals surface area contributed by atoms with Gasteiger partial charge in [-0.05, 0) is 26.4 Å². The van der Waals surface area contributed by atoms with Crippen LogP contribution < -0.4 is 9.47 Å². The Morgan fingerprint density at radius 3 is 2.57 bits per heavy atom. The topological polar surface area (TPSA) is 190 Å². The SMILES string of the molecule is CC(=O)O.CN1CC[C@]23c4c5c(OC[C@H]6O[C@@H](O)[C@H](O)[C@@H](O)[C@H]6O)cc(O)c4O[C@H]2[C@@H](O)C=C[C@H]3[C@H]1C5. The number of carboxylic acid groups (broad SMARTS) is 1. The first-order valence-corrected chi connectivity index (χ1v) is 12.3. The van der Waals surface area contributed by atoms with E-state index in [1.54, 1.807) is 6.08 Å². The van der Waals surface area contributed by atoms with Crippen LogP contribution in [-0.2, 0) is 21.4 Å². The number of aromatic hydroxyl groups is 1. The zero-order chi connectivity index (χ0) is 26.8. The highest BCUT2D eigenvalue weighted by Gasteiger charge is 2.64. The molecule has 10 atom stereocenters. The summed E-state index contributed by atoms with van der Waals surface area (Å²) in [6.45, 7) is 1.71. The van der Waals surface area contributed by atoms with Crippen LogP contribution in [-0.4, -0.2) is 116 Å². The van der Waals surface area contributed by atoms with Crippen LogP contribution in [0.25, 0.3) is 0 Å². The van der Waals surface area contributed by atoms with Gasteiger partial charge in [0.2, 0.25) is 0 Å². The van der Waals surface area contributed by atoms with Gasteiger partial charge in [-0.2, -0.15) is 0 Å². The summed E-state index contributed by atoms with van der Waals surface area (Å²) in [4.78, 5) is 11.3. The van der Waals surface area contributed by atoms with E-state index in [-0.39, 0.29) is 24.3 Å². The molecule has 0 saturated carbocycles. The van der Waals surface area contributed by atoms with Crippen LogP contribution in [0, 0.1) is 5.92 Å². The van der Waals surface area contributed by atoms with Crippen molar-refractivity contribution in [3.63, 3.8) is 0 Å². The van der Waals surface area contributed by atoms with E-state index >= 15 is 0 Å². The number of benzene rings is 1. The van der Waals surface area contributed by atoms with Crippen molar-refractivity contribution >= 4 is 5.97 Å². The largest absolute Gasteiger partial charge is 0.504 e. The minimum atomic E-state index is -1.65. The maximum Gasteiger partial charge on any atom is 0.300 e. The second-order valence-corrected chi connectivity index (χ2v) is 10.4. The molecular weight excluding hydrogens is 490 g/mol. The molecule has 0 unspecified atom stereocenters. The number of hydrogen-bond acceptors (Lipinski definition) is 11. The van der Waals surface area contributed by atoms with Crippen molar-refractivity contribution < 1.29 is 54.8 Å². The number of aliphatic hydroxyl groups excluding tert-OH is 5. The first kappa shape index (κ1) is 26.2. The van der Waals surface area contributed by atoms with E-state index in [1.807, 2.05) is 0 Å². The van der Waals surface area contributed by atoms with Gasteiger partial charge in [0.25, 0.3) is 5.97 Å². The number of likely N-dealkylation sites (tertiary alicyclic amines) is 1. The zero-order valence-electron chi connectivity index (χ0n) is 20.5. The van der Waals surface area contributed by atoms with E-state index in [9.17, 15) is 30.6 Å². The molecule has 0 aromatic heterocycles. The molecule has 7 N–H and O–H groups in total. The smallest absolute Gasteiger partial charge is 0.300 e. The molecular formula is C25H33NO11. The van der Waals surface area contributed by atoms with Crippen molar-refractivity contribution in [1.82, 2.24) is 4.90 Å². The molecule has 2 aliphatic carbocycles. The van der Waals surface area contributed by atoms with Crippen LogP contribution in [0.3, 0.4) is 0 Å². The highest BCUT2D eigenvalue weighted by Crippen LogP contribution is 2.63. The minimum Gasteiger partial charge on any atom is -0.504 e. The summed E-state index contributed by atoms with van der Waals surface area (Å²) in [5, 5.41) is 68.7. The molecule has 2 fully saturated rings. The predicted octanol–water partition coefficient (Wildman–Crippen LogP) is -1.53. The van der Waals surface area contributed by atoms with Crippen LogP contribution in [0.2, 0.25) is 0 Å². The molecule has 6 rings (SSSR count). The van der Waals surface area contributed by atoms with Crippen molar-refractivity contribution in [2.24, 2.45) is 5.92 Å². The number of aliphatic carboxylic acids is 1. The molecule has 0 radical (unpaired) electrons. The van der Waals surface area contributed by atoms with Crippen LogP contribution in [0.1, 0.15) is 24.5 Å². The molecule has 3 aliphatic heterocycles. The second-order valence-electron chi connectivity index (χ2n) is 10.4. The number of likely N-dealkylation sites (N-methyl/N-ethyl adjacent to an activating group) is 1. The molecule has 5 aliphatic rings. The van der Waals surface area contributed by atoms with Crippen molar-refractivity contribution in [3.8, 4) is 17.2 Å². The molecule has 1 spiro atoms. The maximum atomic E-state index is 10.8. The number of hydrogen-bond donors (Lipinski definition) is 7. The summed E-state index contributed by atoms with van der Waals surface area (Å²) in [6, 6.07) is 1.63. The summed E-state index contributed by atoms with van der Waals surface area (Å²) in [5.41, 5.74) is 1.29. The fourth-order valence-electron chi connectivity index (χ4n) is 6.66. The molecule has 37 heavy (non-hydrogen) atoms. The van der Waals surface area contributed by atoms with Crippen LogP contribution in [0.4, 0.5) is 0 Å². The Bertz CT molecular complexity index is 1090. The first-order chi connectivity index (χ1) is 17.5. The monoisotopic (exact) mass is 523 g/mol. The Morgan fingerprint density at radius 1 is 1.16 bits per heavy atom. The number of aliphatic hydroxyl groups is 5. The predicted molar refractivity (Wildman–Crippen MR) is 125 cm³/mol. The molecule has 12 nitrogen and oxygen atoms in total. The summed E-state index contributed by atoms with van der Waals surface area (Å²) in [5.74, 6) is 0.00405. The lowest BCUT2D eigenvalue weighted by Gasteiger charge is -2.56. The Balaban J connectivity index is 0.000000655. The molecule has 204 valence electrons. The zero-order valence-corrected chi connectivity index (χ0v) is 20.5. The minimum absolute atomic E-state index is 0.0866. The van der Waals surface area contributed by atoms with E-state index in [2.05, 4.69) is 18.0 Å². The number of rotatable bonds is 3. The fourth-order valence-corrected chi connectivity index (χ4v) is 6.66.